The molecule has 3 heteroatoms. The van der Waals surface area contributed by atoms with Crippen LogP contribution < -0.4 is 5.32 Å². The van der Waals surface area contributed by atoms with Crippen molar-refractivity contribution in [3.63, 3.8) is 0 Å². The van der Waals surface area contributed by atoms with Crippen molar-refractivity contribution < 1.29 is 0 Å². The molecular formula is C17H13Br2N. The molecule has 1 spiro atoms. The number of benzene rings is 2. The molecule has 20 heavy (non-hydrogen) atoms. The third-order valence-electron chi connectivity index (χ3n) is 5.36. The van der Waals surface area contributed by atoms with E-state index in [1.807, 2.05) is 0 Å². The standard InChI is InChI=1S/C17H13Br2N/c18-10-1-3-13-11(7-10)17-6-5-9(8-17)15-12(19)2-4-14(20-13)16(15)17/h1-4,7,9,20H,5-6,8H2. The highest BCUT2D eigenvalue weighted by molar-refractivity contribution is 9.10. The molecule has 1 N–H and O–H groups in total. The Kier molecular flexibility index (Phi) is 2.18. The van der Waals surface area contributed by atoms with Crippen LogP contribution in [0.3, 0.4) is 0 Å². The third-order valence-corrected chi connectivity index (χ3v) is 6.54. The second-order valence-corrected chi connectivity index (χ2v) is 7.99. The lowest BCUT2D eigenvalue weighted by molar-refractivity contribution is 0.548. The smallest absolute Gasteiger partial charge is 0.0429 e. The maximum atomic E-state index is 3.78. The van der Waals surface area contributed by atoms with Gasteiger partial charge >= 0.3 is 0 Å². The van der Waals surface area contributed by atoms with Gasteiger partial charge in [0.2, 0.25) is 0 Å². The first-order chi connectivity index (χ1) is 9.69. The Bertz CT molecular complexity index is 768. The second kappa shape index (κ2) is 3.69. The lowest BCUT2D eigenvalue weighted by Gasteiger charge is -2.38. The van der Waals surface area contributed by atoms with Crippen LogP contribution in [0.5, 0.6) is 0 Å². The number of nitrogens with one attached hydrogen (secondary N) is 1. The molecule has 1 fully saturated rings. The van der Waals surface area contributed by atoms with Gasteiger partial charge in [0.1, 0.15) is 0 Å². The van der Waals surface area contributed by atoms with Crippen molar-refractivity contribution in [3.8, 4) is 0 Å². The van der Waals surface area contributed by atoms with Crippen molar-refractivity contribution in [2.45, 2.75) is 30.6 Å². The van der Waals surface area contributed by atoms with E-state index in [9.17, 15) is 0 Å². The van der Waals surface area contributed by atoms with E-state index in [0.29, 0.717) is 0 Å². The van der Waals surface area contributed by atoms with Crippen LogP contribution >= 0.6 is 31.9 Å². The fourth-order valence-electron chi connectivity index (χ4n) is 4.68. The maximum Gasteiger partial charge on any atom is 0.0429 e. The molecule has 5 rings (SSSR count). The molecule has 0 radical (unpaired) electrons. The van der Waals surface area contributed by atoms with E-state index >= 15 is 0 Å². The number of hydrogen-bond acceptors (Lipinski definition) is 1. The Morgan fingerprint density at radius 1 is 1.10 bits per heavy atom. The summed E-state index contributed by atoms with van der Waals surface area (Å²) in [6.07, 6.45) is 3.89. The van der Waals surface area contributed by atoms with Crippen LogP contribution in [0.2, 0.25) is 0 Å². The molecule has 2 atom stereocenters. The topological polar surface area (TPSA) is 12.0 Å². The lowest BCUT2D eigenvalue weighted by Crippen LogP contribution is -2.28. The zero-order valence-electron chi connectivity index (χ0n) is 10.8. The van der Waals surface area contributed by atoms with Crippen LogP contribution in [0.15, 0.2) is 39.3 Å². The van der Waals surface area contributed by atoms with Crippen LogP contribution in [-0.4, -0.2) is 0 Å². The number of fused-ring (bicyclic) bond motifs is 3. The summed E-state index contributed by atoms with van der Waals surface area (Å²) in [7, 11) is 0. The lowest BCUT2D eigenvalue weighted by atomic mass is 9.71. The molecule has 2 aromatic carbocycles. The summed E-state index contributed by atoms with van der Waals surface area (Å²) >= 11 is 7.43. The fraction of sp³-hybridized carbons (Fsp3) is 0.294. The van der Waals surface area contributed by atoms with Gasteiger partial charge in [-0.05, 0) is 72.2 Å². The van der Waals surface area contributed by atoms with Crippen LogP contribution in [0.25, 0.3) is 0 Å². The Morgan fingerprint density at radius 3 is 2.85 bits per heavy atom. The van der Waals surface area contributed by atoms with Gasteiger partial charge in [-0.15, -0.1) is 0 Å². The molecular weight excluding hydrogens is 378 g/mol. The quantitative estimate of drug-likeness (QED) is 0.596. The van der Waals surface area contributed by atoms with Gasteiger partial charge < -0.3 is 5.32 Å². The maximum absolute atomic E-state index is 3.78. The second-order valence-electron chi connectivity index (χ2n) is 6.22. The van der Waals surface area contributed by atoms with Crippen molar-refractivity contribution in [1.29, 1.82) is 0 Å². The van der Waals surface area contributed by atoms with Crippen LogP contribution in [0, 0.1) is 0 Å². The molecule has 0 saturated heterocycles. The molecule has 2 aromatic rings. The Morgan fingerprint density at radius 2 is 1.95 bits per heavy atom. The van der Waals surface area contributed by atoms with Gasteiger partial charge in [0.25, 0.3) is 0 Å². The summed E-state index contributed by atoms with van der Waals surface area (Å²) in [5, 5.41) is 3.64. The van der Waals surface area contributed by atoms with Gasteiger partial charge in [0.15, 0.2) is 0 Å². The predicted molar refractivity (Wildman–Crippen MR) is 88.9 cm³/mol. The Labute approximate surface area is 135 Å². The highest BCUT2D eigenvalue weighted by atomic mass is 79.9. The highest BCUT2D eigenvalue weighted by Gasteiger charge is 2.54. The van der Waals surface area contributed by atoms with E-state index in [4.69, 9.17) is 0 Å². The average Bonchev–Trinajstić information content (AvgIpc) is 3.01. The predicted octanol–water partition coefficient (Wildman–Crippen LogP) is 5.84. The Balaban J connectivity index is 1.90. The molecule has 2 aliphatic carbocycles. The minimum Gasteiger partial charge on any atom is -0.355 e. The fourth-order valence-corrected chi connectivity index (χ4v) is 5.69. The first-order valence-electron chi connectivity index (χ1n) is 7.09. The van der Waals surface area contributed by atoms with Gasteiger partial charge in [0, 0.05) is 25.7 Å². The van der Waals surface area contributed by atoms with Crippen molar-refractivity contribution >= 4 is 43.2 Å². The Hall–Kier alpha value is -0.800. The molecule has 100 valence electrons. The van der Waals surface area contributed by atoms with Crippen molar-refractivity contribution in [2.24, 2.45) is 0 Å². The highest BCUT2D eigenvalue weighted by Crippen LogP contribution is 2.66. The summed E-state index contributed by atoms with van der Waals surface area (Å²) in [6.45, 7) is 0. The first kappa shape index (κ1) is 11.8. The SMILES string of the molecule is Brc1ccc2c(c1)C13CCC(C1)c1c(Br)ccc(c13)N2. The van der Waals surface area contributed by atoms with Gasteiger partial charge in [0.05, 0.1) is 0 Å². The van der Waals surface area contributed by atoms with E-state index in [-0.39, 0.29) is 5.41 Å². The van der Waals surface area contributed by atoms with Gasteiger partial charge in [-0.3, -0.25) is 0 Å². The zero-order chi connectivity index (χ0) is 13.5. The molecule has 1 saturated carbocycles. The molecule has 0 aromatic heterocycles. The van der Waals surface area contributed by atoms with Gasteiger partial charge in [-0.2, -0.15) is 0 Å². The van der Waals surface area contributed by atoms with E-state index in [1.54, 1.807) is 11.1 Å². The summed E-state index contributed by atoms with van der Waals surface area (Å²) < 4.78 is 2.48. The minimum atomic E-state index is 0.253. The van der Waals surface area contributed by atoms with E-state index in [1.165, 1.54) is 45.1 Å². The number of halogens is 2. The summed E-state index contributed by atoms with van der Waals surface area (Å²) in [5.41, 5.74) is 7.47. The average molecular weight is 391 g/mol. The summed E-state index contributed by atoms with van der Waals surface area (Å²) in [5.74, 6) is 0.728. The normalized spacial score (nSPS) is 28.0. The monoisotopic (exact) mass is 389 g/mol. The van der Waals surface area contributed by atoms with Crippen LogP contribution in [-0.2, 0) is 5.41 Å². The minimum absolute atomic E-state index is 0.253. The molecule has 1 heterocycles. The number of anilines is 2. The molecule has 3 aliphatic rings. The van der Waals surface area contributed by atoms with Crippen LogP contribution in [0.4, 0.5) is 11.4 Å². The zero-order valence-corrected chi connectivity index (χ0v) is 14.0. The molecule has 1 nitrogen and oxygen atoms in total. The largest absolute Gasteiger partial charge is 0.355 e. The van der Waals surface area contributed by atoms with Crippen molar-refractivity contribution in [3.05, 3.63) is 56.0 Å². The molecule has 1 aliphatic heterocycles. The summed E-state index contributed by atoms with van der Waals surface area (Å²) in [6, 6.07) is 11.1. The van der Waals surface area contributed by atoms with Crippen molar-refractivity contribution in [1.82, 2.24) is 0 Å². The third kappa shape index (κ3) is 1.25. The number of hydrogen-bond donors (Lipinski definition) is 1. The first-order valence-corrected chi connectivity index (χ1v) is 8.67. The van der Waals surface area contributed by atoms with Gasteiger partial charge in [-0.25, -0.2) is 0 Å². The van der Waals surface area contributed by atoms with Crippen molar-refractivity contribution in [2.75, 3.05) is 5.32 Å². The van der Waals surface area contributed by atoms with Gasteiger partial charge in [-0.1, -0.05) is 31.9 Å². The van der Waals surface area contributed by atoms with E-state index in [2.05, 4.69) is 67.5 Å². The molecule has 2 bridgehead atoms. The molecule has 0 amide bonds. The van der Waals surface area contributed by atoms with E-state index < -0.39 is 0 Å². The number of rotatable bonds is 0. The van der Waals surface area contributed by atoms with Crippen LogP contribution in [0.1, 0.15) is 41.9 Å². The molecule has 2 unspecified atom stereocenters. The summed E-state index contributed by atoms with van der Waals surface area (Å²) in [4.78, 5) is 0. The van der Waals surface area contributed by atoms with E-state index in [0.717, 1.165) is 5.92 Å².